The van der Waals surface area contributed by atoms with Crippen molar-refractivity contribution in [3.8, 4) is 23.7 Å². The summed E-state index contributed by atoms with van der Waals surface area (Å²) in [6.07, 6.45) is 0. The first kappa shape index (κ1) is 20.9. The van der Waals surface area contributed by atoms with E-state index in [1.165, 1.54) is 41.5 Å². The summed E-state index contributed by atoms with van der Waals surface area (Å²) in [5.41, 5.74) is -2.44. The van der Waals surface area contributed by atoms with Gasteiger partial charge in [-0.25, -0.2) is 0 Å². The minimum absolute atomic E-state index is 0.153. The maximum absolute atomic E-state index is 11.4. The maximum atomic E-state index is 11.4. The van der Waals surface area contributed by atoms with Gasteiger partial charge in [0.2, 0.25) is 0 Å². The van der Waals surface area contributed by atoms with Gasteiger partial charge in [0, 0.05) is 0 Å². The van der Waals surface area contributed by atoms with E-state index in [0.717, 1.165) is 0 Å². The van der Waals surface area contributed by atoms with Crippen molar-refractivity contribution >= 4 is 20.2 Å². The van der Waals surface area contributed by atoms with Crippen LogP contribution in [0.5, 0.6) is 0 Å². The van der Waals surface area contributed by atoms with Crippen LogP contribution in [0.25, 0.3) is 0 Å². The Morgan fingerprint density at radius 1 is 0.727 bits per heavy atom. The molecule has 0 heterocycles. The number of rotatable bonds is 6. The van der Waals surface area contributed by atoms with E-state index >= 15 is 0 Å². The Kier molecular flexibility index (Phi) is 7.11. The molecule has 0 unspecified atom stereocenters. The minimum atomic E-state index is -3.62. The van der Waals surface area contributed by atoms with Gasteiger partial charge in [-0.2, -0.15) is 16.8 Å². The standard InChI is InChI=1S/C14H22O6S2/c1-7-21(15,16)19-13(3,4)11-9-10-12-14(5,6)20-22(17,18)8-2/h7-8H2,1-6H3. The van der Waals surface area contributed by atoms with Crippen molar-refractivity contribution in [2.24, 2.45) is 0 Å². The molecule has 22 heavy (non-hydrogen) atoms. The fraction of sp³-hybridized carbons (Fsp3) is 0.714. The van der Waals surface area contributed by atoms with Crippen molar-refractivity contribution in [3.63, 3.8) is 0 Å². The van der Waals surface area contributed by atoms with Gasteiger partial charge in [0.05, 0.1) is 11.5 Å². The SMILES string of the molecule is CCS(=O)(=O)OC(C)(C)C#CC#CC(C)(C)OS(=O)(=O)CC. The molecule has 0 aromatic carbocycles. The van der Waals surface area contributed by atoms with Crippen LogP contribution in [-0.4, -0.2) is 39.5 Å². The molecule has 0 N–H and O–H groups in total. The fourth-order valence-corrected chi connectivity index (χ4v) is 2.75. The average molecular weight is 350 g/mol. The van der Waals surface area contributed by atoms with Crippen LogP contribution in [0, 0.1) is 23.7 Å². The molecule has 0 aliphatic carbocycles. The number of hydrogen-bond acceptors (Lipinski definition) is 6. The van der Waals surface area contributed by atoms with E-state index in [1.54, 1.807) is 0 Å². The molecule has 0 spiro atoms. The van der Waals surface area contributed by atoms with E-state index < -0.39 is 31.4 Å². The average Bonchev–Trinajstić information content (AvgIpc) is 2.32. The summed E-state index contributed by atoms with van der Waals surface area (Å²) >= 11 is 0. The zero-order chi connectivity index (χ0) is 17.7. The number of hydrogen-bond donors (Lipinski definition) is 0. The lowest BCUT2D eigenvalue weighted by molar-refractivity contribution is 0.180. The van der Waals surface area contributed by atoms with Gasteiger partial charge in [-0.3, -0.25) is 8.37 Å². The third-order valence-electron chi connectivity index (χ3n) is 2.17. The summed E-state index contributed by atoms with van der Waals surface area (Å²) in [5, 5.41) is 0. The van der Waals surface area contributed by atoms with Crippen molar-refractivity contribution in [2.75, 3.05) is 11.5 Å². The molecule has 8 heteroatoms. The molecule has 0 saturated heterocycles. The lowest BCUT2D eigenvalue weighted by Crippen LogP contribution is -2.27. The summed E-state index contributed by atoms with van der Waals surface area (Å²) in [6.45, 7) is 8.92. The van der Waals surface area contributed by atoms with Gasteiger partial charge in [-0.15, -0.1) is 0 Å². The zero-order valence-electron chi connectivity index (χ0n) is 13.7. The summed E-state index contributed by atoms with van der Waals surface area (Å²) in [4.78, 5) is 0. The predicted molar refractivity (Wildman–Crippen MR) is 84.8 cm³/mol. The molecule has 0 aliphatic heterocycles. The first-order valence-electron chi connectivity index (χ1n) is 6.65. The topological polar surface area (TPSA) is 86.7 Å². The second kappa shape index (κ2) is 7.47. The van der Waals surface area contributed by atoms with Gasteiger partial charge in [0.1, 0.15) is 11.2 Å². The van der Waals surface area contributed by atoms with Crippen LogP contribution >= 0.6 is 0 Å². The zero-order valence-corrected chi connectivity index (χ0v) is 15.3. The molecule has 0 fully saturated rings. The molecule has 0 rings (SSSR count). The first-order valence-corrected chi connectivity index (χ1v) is 9.80. The summed E-state index contributed by atoms with van der Waals surface area (Å²) in [5.74, 6) is 9.74. The molecule has 0 saturated carbocycles. The van der Waals surface area contributed by atoms with Crippen molar-refractivity contribution < 1.29 is 25.2 Å². The fourth-order valence-electron chi connectivity index (χ4n) is 1.16. The van der Waals surface area contributed by atoms with Crippen LogP contribution in [0.3, 0.4) is 0 Å². The van der Waals surface area contributed by atoms with Crippen LogP contribution in [0.15, 0.2) is 0 Å². The lowest BCUT2D eigenvalue weighted by atomic mass is 10.1. The van der Waals surface area contributed by atoms with Crippen molar-refractivity contribution in [3.05, 3.63) is 0 Å². The van der Waals surface area contributed by atoms with Crippen LogP contribution in [0.2, 0.25) is 0 Å². The van der Waals surface area contributed by atoms with E-state index in [-0.39, 0.29) is 11.5 Å². The van der Waals surface area contributed by atoms with Gasteiger partial charge in [0.15, 0.2) is 0 Å². The van der Waals surface area contributed by atoms with E-state index in [0.29, 0.717) is 0 Å². The molecular weight excluding hydrogens is 328 g/mol. The van der Waals surface area contributed by atoms with Gasteiger partial charge in [-0.05, 0) is 53.4 Å². The summed E-state index contributed by atoms with van der Waals surface area (Å²) < 4.78 is 55.4. The van der Waals surface area contributed by atoms with Gasteiger partial charge >= 0.3 is 0 Å². The van der Waals surface area contributed by atoms with Gasteiger partial charge in [-0.1, -0.05) is 11.8 Å². The Labute approximate surface area is 133 Å². The summed E-state index contributed by atoms with van der Waals surface area (Å²) in [7, 11) is -7.25. The second-order valence-corrected chi connectivity index (χ2v) is 9.10. The van der Waals surface area contributed by atoms with E-state index in [4.69, 9.17) is 8.37 Å². The molecule has 0 radical (unpaired) electrons. The highest BCUT2D eigenvalue weighted by Gasteiger charge is 2.24. The molecule has 0 aromatic rings. The molecule has 0 amide bonds. The Balaban J connectivity index is 5.05. The summed E-state index contributed by atoms with van der Waals surface area (Å²) in [6, 6.07) is 0. The van der Waals surface area contributed by atoms with Crippen LogP contribution in [0.4, 0.5) is 0 Å². The Bertz CT molecular complexity index is 643. The molecular formula is C14H22O6S2. The predicted octanol–water partition coefficient (Wildman–Crippen LogP) is 1.28. The highest BCUT2D eigenvalue weighted by atomic mass is 32.2. The van der Waals surface area contributed by atoms with Crippen LogP contribution < -0.4 is 0 Å². The molecule has 126 valence electrons. The largest absolute Gasteiger partial charge is 0.268 e. The lowest BCUT2D eigenvalue weighted by Gasteiger charge is -2.17. The van der Waals surface area contributed by atoms with E-state index in [9.17, 15) is 16.8 Å². The smallest absolute Gasteiger partial charge is 0.251 e. The Hall–Kier alpha value is -1.06. The van der Waals surface area contributed by atoms with E-state index in [2.05, 4.69) is 23.7 Å². The quantitative estimate of drug-likeness (QED) is 0.530. The third kappa shape index (κ3) is 9.06. The maximum Gasteiger partial charge on any atom is 0.268 e. The highest BCUT2D eigenvalue weighted by Crippen LogP contribution is 2.13. The first-order chi connectivity index (χ1) is 9.74. The molecule has 0 aromatic heterocycles. The van der Waals surface area contributed by atoms with Crippen molar-refractivity contribution in [1.29, 1.82) is 0 Å². The highest BCUT2D eigenvalue weighted by molar-refractivity contribution is 7.86. The second-order valence-electron chi connectivity index (χ2n) is 5.38. The normalized spacial score (nSPS) is 12.8. The Morgan fingerprint density at radius 3 is 1.23 bits per heavy atom. The third-order valence-corrected chi connectivity index (χ3v) is 4.92. The molecule has 6 nitrogen and oxygen atoms in total. The van der Waals surface area contributed by atoms with Crippen LogP contribution in [0.1, 0.15) is 41.5 Å². The minimum Gasteiger partial charge on any atom is -0.251 e. The van der Waals surface area contributed by atoms with Crippen LogP contribution in [-0.2, 0) is 28.6 Å². The van der Waals surface area contributed by atoms with Crippen molar-refractivity contribution in [2.45, 2.75) is 52.7 Å². The molecule has 0 atom stereocenters. The Morgan fingerprint density at radius 2 is 1.00 bits per heavy atom. The monoisotopic (exact) mass is 350 g/mol. The van der Waals surface area contributed by atoms with Crippen molar-refractivity contribution in [1.82, 2.24) is 0 Å². The van der Waals surface area contributed by atoms with Gasteiger partial charge < -0.3 is 0 Å². The van der Waals surface area contributed by atoms with E-state index in [1.807, 2.05) is 0 Å². The van der Waals surface area contributed by atoms with Gasteiger partial charge in [0.25, 0.3) is 20.2 Å². The molecule has 0 bridgehead atoms. The molecule has 0 aliphatic rings.